The van der Waals surface area contributed by atoms with Gasteiger partial charge in [0.15, 0.2) is 0 Å². The summed E-state index contributed by atoms with van der Waals surface area (Å²) in [5.74, 6) is 3.71. The zero-order valence-electron chi connectivity index (χ0n) is 14.2. The van der Waals surface area contributed by atoms with E-state index >= 15 is 0 Å². The van der Waals surface area contributed by atoms with E-state index in [1.807, 2.05) is 18.5 Å². The molecule has 2 atom stereocenters. The van der Waals surface area contributed by atoms with Gasteiger partial charge in [-0.3, -0.25) is 4.79 Å². The van der Waals surface area contributed by atoms with E-state index in [2.05, 4.69) is 31.8 Å². The second kappa shape index (κ2) is 6.48. The minimum absolute atomic E-state index is 0.0725. The highest BCUT2D eigenvalue weighted by Crippen LogP contribution is 2.47. The molecule has 0 unspecified atom stereocenters. The van der Waals surface area contributed by atoms with E-state index in [0.717, 1.165) is 28.1 Å². The largest absolute Gasteiger partial charge is 0.464 e. The fraction of sp³-hybridized carbons (Fsp3) is 0.556. The first-order valence-corrected chi connectivity index (χ1v) is 9.09. The molecule has 124 valence electrons. The van der Waals surface area contributed by atoms with Crippen molar-refractivity contribution in [2.24, 2.45) is 5.92 Å². The van der Waals surface area contributed by atoms with E-state index in [1.54, 1.807) is 16.2 Å². The van der Waals surface area contributed by atoms with Crippen LogP contribution in [0.1, 0.15) is 61.2 Å². The first-order valence-electron chi connectivity index (χ1n) is 8.21. The zero-order valence-corrected chi connectivity index (χ0v) is 15.0. The molecule has 5 heteroatoms. The standard InChI is InChI=1S/C18H24N2O2S/c1-11(2)18-19-13(10-23-18)8-17(21)20(4)9-14-5-6-16(22-14)15-7-12(15)3/h5-6,10-12,15H,7-9H2,1-4H3/t12-,15-/m1/s1. The summed E-state index contributed by atoms with van der Waals surface area (Å²) in [5, 5.41) is 3.07. The summed E-state index contributed by atoms with van der Waals surface area (Å²) in [7, 11) is 1.82. The molecule has 1 aliphatic rings. The summed E-state index contributed by atoms with van der Waals surface area (Å²) in [5.41, 5.74) is 0.863. The third-order valence-corrected chi connectivity index (χ3v) is 5.57. The van der Waals surface area contributed by atoms with Crippen LogP contribution in [-0.4, -0.2) is 22.8 Å². The minimum atomic E-state index is 0.0725. The maximum Gasteiger partial charge on any atom is 0.228 e. The Morgan fingerprint density at radius 3 is 2.83 bits per heavy atom. The predicted molar refractivity (Wildman–Crippen MR) is 91.6 cm³/mol. The van der Waals surface area contributed by atoms with Gasteiger partial charge in [0.25, 0.3) is 0 Å². The van der Waals surface area contributed by atoms with Crippen molar-refractivity contribution < 1.29 is 9.21 Å². The number of carbonyl (C=O) groups excluding carboxylic acids is 1. The number of furan rings is 1. The smallest absolute Gasteiger partial charge is 0.228 e. The van der Waals surface area contributed by atoms with E-state index in [-0.39, 0.29) is 5.91 Å². The number of amides is 1. The lowest BCUT2D eigenvalue weighted by atomic mass is 10.2. The van der Waals surface area contributed by atoms with E-state index in [9.17, 15) is 4.79 Å². The lowest BCUT2D eigenvalue weighted by Crippen LogP contribution is -2.27. The summed E-state index contributed by atoms with van der Waals surface area (Å²) in [6.07, 6.45) is 1.57. The molecule has 1 aliphatic carbocycles. The molecule has 2 aromatic rings. The van der Waals surface area contributed by atoms with Crippen molar-refractivity contribution in [2.75, 3.05) is 7.05 Å². The van der Waals surface area contributed by atoms with Crippen LogP contribution in [0.3, 0.4) is 0 Å². The third-order valence-electron chi connectivity index (χ3n) is 4.37. The number of rotatable bonds is 6. The Labute approximate surface area is 141 Å². The molecular formula is C18H24N2O2S. The number of hydrogen-bond donors (Lipinski definition) is 0. The number of hydrogen-bond acceptors (Lipinski definition) is 4. The van der Waals surface area contributed by atoms with Crippen molar-refractivity contribution in [1.29, 1.82) is 0 Å². The molecule has 0 bridgehead atoms. The Bertz CT molecular complexity index is 689. The topological polar surface area (TPSA) is 46.3 Å². The van der Waals surface area contributed by atoms with E-state index in [0.29, 0.717) is 24.8 Å². The molecular weight excluding hydrogens is 308 g/mol. The highest BCUT2D eigenvalue weighted by molar-refractivity contribution is 7.09. The van der Waals surface area contributed by atoms with Crippen molar-refractivity contribution in [2.45, 2.75) is 52.0 Å². The van der Waals surface area contributed by atoms with Crippen LogP contribution < -0.4 is 0 Å². The van der Waals surface area contributed by atoms with Crippen molar-refractivity contribution >= 4 is 17.2 Å². The number of nitrogens with zero attached hydrogens (tertiary/aromatic N) is 2. The summed E-state index contributed by atoms with van der Waals surface area (Å²) < 4.78 is 5.88. The van der Waals surface area contributed by atoms with Crippen molar-refractivity contribution in [3.05, 3.63) is 39.7 Å². The van der Waals surface area contributed by atoms with Crippen LogP contribution in [0.5, 0.6) is 0 Å². The van der Waals surface area contributed by atoms with Crippen molar-refractivity contribution in [3.63, 3.8) is 0 Å². The Kier molecular flexibility index (Phi) is 4.57. The predicted octanol–water partition coefficient (Wildman–Crippen LogP) is 4.18. The van der Waals surface area contributed by atoms with Crippen molar-refractivity contribution in [3.8, 4) is 0 Å². The highest BCUT2D eigenvalue weighted by Gasteiger charge is 2.36. The molecule has 1 saturated carbocycles. The van der Waals surface area contributed by atoms with Gasteiger partial charge in [0, 0.05) is 24.3 Å². The van der Waals surface area contributed by atoms with Gasteiger partial charge in [0.2, 0.25) is 5.91 Å². The van der Waals surface area contributed by atoms with Crippen LogP contribution in [0, 0.1) is 5.92 Å². The fourth-order valence-corrected chi connectivity index (χ4v) is 3.51. The van der Waals surface area contributed by atoms with Crippen LogP contribution in [0.25, 0.3) is 0 Å². The van der Waals surface area contributed by atoms with E-state index in [4.69, 9.17) is 4.42 Å². The average molecular weight is 332 g/mol. The van der Waals surface area contributed by atoms with Crippen molar-refractivity contribution in [1.82, 2.24) is 9.88 Å². The minimum Gasteiger partial charge on any atom is -0.464 e. The molecule has 3 rings (SSSR count). The Morgan fingerprint density at radius 1 is 1.48 bits per heavy atom. The van der Waals surface area contributed by atoms with Crippen LogP contribution in [-0.2, 0) is 17.8 Å². The maximum atomic E-state index is 12.3. The zero-order chi connectivity index (χ0) is 16.6. The SMILES string of the molecule is CC(C)c1nc(CC(=O)N(C)Cc2ccc([C@@H]3C[C@H]3C)o2)cs1. The lowest BCUT2D eigenvalue weighted by molar-refractivity contribution is -0.130. The summed E-state index contributed by atoms with van der Waals surface area (Å²) in [6, 6.07) is 4.04. The van der Waals surface area contributed by atoms with Gasteiger partial charge in [-0.1, -0.05) is 20.8 Å². The molecule has 0 N–H and O–H groups in total. The Morgan fingerprint density at radius 2 is 2.22 bits per heavy atom. The molecule has 0 aromatic carbocycles. The van der Waals surface area contributed by atoms with Gasteiger partial charge in [-0.2, -0.15) is 0 Å². The molecule has 2 heterocycles. The van der Waals surface area contributed by atoms with Gasteiger partial charge in [0.05, 0.1) is 23.7 Å². The molecule has 0 spiro atoms. The van der Waals surface area contributed by atoms with Gasteiger partial charge < -0.3 is 9.32 Å². The average Bonchev–Trinajstić information content (AvgIpc) is 2.93. The van der Waals surface area contributed by atoms with Gasteiger partial charge in [0.1, 0.15) is 11.5 Å². The molecule has 0 saturated heterocycles. The second-order valence-electron chi connectivity index (χ2n) is 6.88. The number of carbonyl (C=O) groups is 1. The third kappa shape index (κ3) is 3.83. The van der Waals surface area contributed by atoms with E-state index in [1.165, 1.54) is 6.42 Å². The Hall–Kier alpha value is -1.62. The first-order chi connectivity index (χ1) is 10.9. The number of thiazole rings is 1. The first kappa shape index (κ1) is 16.2. The van der Waals surface area contributed by atoms with E-state index < -0.39 is 0 Å². The van der Waals surface area contributed by atoms with Gasteiger partial charge in [-0.15, -0.1) is 11.3 Å². The summed E-state index contributed by atoms with van der Waals surface area (Å²) in [4.78, 5) is 18.6. The van der Waals surface area contributed by atoms with Crippen LogP contribution in [0.15, 0.2) is 21.9 Å². The monoisotopic (exact) mass is 332 g/mol. The number of aromatic nitrogens is 1. The van der Waals surface area contributed by atoms with Gasteiger partial charge >= 0.3 is 0 Å². The van der Waals surface area contributed by atoms with Gasteiger partial charge in [-0.05, 0) is 24.5 Å². The molecule has 23 heavy (non-hydrogen) atoms. The highest BCUT2D eigenvalue weighted by atomic mass is 32.1. The molecule has 0 radical (unpaired) electrons. The lowest BCUT2D eigenvalue weighted by Gasteiger charge is -2.15. The summed E-state index contributed by atoms with van der Waals surface area (Å²) in [6.45, 7) is 6.99. The molecule has 2 aromatic heterocycles. The molecule has 4 nitrogen and oxygen atoms in total. The number of likely N-dealkylation sites (N-methyl/N-ethyl adjacent to an activating group) is 1. The summed E-state index contributed by atoms with van der Waals surface area (Å²) >= 11 is 1.63. The second-order valence-corrected chi connectivity index (χ2v) is 7.77. The molecule has 0 aliphatic heterocycles. The van der Waals surface area contributed by atoms with Crippen LogP contribution in [0.4, 0.5) is 0 Å². The normalized spacial score (nSPS) is 20.0. The van der Waals surface area contributed by atoms with Gasteiger partial charge in [-0.25, -0.2) is 4.98 Å². The van der Waals surface area contributed by atoms with Crippen LogP contribution >= 0.6 is 11.3 Å². The maximum absolute atomic E-state index is 12.3. The Balaban J connectivity index is 1.55. The van der Waals surface area contributed by atoms with Crippen LogP contribution in [0.2, 0.25) is 0 Å². The quantitative estimate of drug-likeness (QED) is 0.797. The molecule has 1 fully saturated rings. The molecule has 1 amide bonds. The fourth-order valence-electron chi connectivity index (χ4n) is 2.68.